The van der Waals surface area contributed by atoms with E-state index in [4.69, 9.17) is 0 Å². The van der Waals surface area contributed by atoms with Crippen LogP contribution in [-0.4, -0.2) is 36.8 Å². The molecule has 4 saturated carbocycles. The molecule has 0 spiro atoms. The van der Waals surface area contributed by atoms with E-state index in [2.05, 4.69) is 5.32 Å². The monoisotopic (exact) mass is 416 g/mol. The molecular weight excluding hydrogens is 384 g/mol. The summed E-state index contributed by atoms with van der Waals surface area (Å²) in [4.78, 5) is 13.3. The highest BCUT2D eigenvalue weighted by molar-refractivity contribution is 7.89. The van der Waals surface area contributed by atoms with Gasteiger partial charge in [0.15, 0.2) is 0 Å². The number of rotatable bonds is 4. The molecule has 1 amide bonds. The first-order chi connectivity index (χ1) is 13.8. The molecule has 4 aliphatic carbocycles. The van der Waals surface area contributed by atoms with Gasteiger partial charge in [-0.1, -0.05) is 6.42 Å². The molecule has 5 aliphatic rings. The van der Waals surface area contributed by atoms with Crippen LogP contribution in [-0.2, 0) is 10.0 Å². The van der Waals surface area contributed by atoms with Gasteiger partial charge in [0.2, 0.25) is 10.0 Å². The molecule has 6 rings (SSSR count). The Labute approximate surface area is 174 Å². The maximum atomic E-state index is 13.0. The normalized spacial score (nSPS) is 36.9. The van der Waals surface area contributed by atoms with Crippen LogP contribution in [0.2, 0.25) is 0 Å². The molecule has 5 fully saturated rings. The summed E-state index contributed by atoms with van der Waals surface area (Å²) in [5, 5.41) is 3.37. The molecule has 5 nitrogen and oxygen atoms in total. The zero-order valence-corrected chi connectivity index (χ0v) is 18.1. The van der Waals surface area contributed by atoms with E-state index in [1.165, 1.54) is 19.3 Å². The van der Waals surface area contributed by atoms with Crippen molar-refractivity contribution < 1.29 is 13.2 Å². The van der Waals surface area contributed by atoms with Gasteiger partial charge in [0, 0.05) is 23.7 Å². The van der Waals surface area contributed by atoms with Crippen LogP contribution in [0.5, 0.6) is 0 Å². The van der Waals surface area contributed by atoms with Gasteiger partial charge in [0.05, 0.1) is 4.90 Å². The fourth-order valence-electron chi connectivity index (χ4n) is 6.92. The van der Waals surface area contributed by atoms with Crippen LogP contribution in [0.25, 0.3) is 0 Å². The Balaban J connectivity index is 1.31. The molecule has 1 aliphatic heterocycles. The van der Waals surface area contributed by atoms with Crippen LogP contribution >= 0.6 is 0 Å². The van der Waals surface area contributed by atoms with Crippen molar-refractivity contribution in [3.8, 4) is 0 Å². The highest BCUT2D eigenvalue weighted by Gasteiger charge is 2.51. The first kappa shape index (κ1) is 19.6. The molecule has 1 aromatic carbocycles. The Kier molecular flexibility index (Phi) is 4.78. The summed E-state index contributed by atoms with van der Waals surface area (Å²) < 4.78 is 27.6. The van der Waals surface area contributed by atoms with Crippen LogP contribution in [0.4, 0.5) is 0 Å². The number of amides is 1. The summed E-state index contributed by atoms with van der Waals surface area (Å²) in [6.45, 7) is 2.56. The van der Waals surface area contributed by atoms with E-state index in [9.17, 15) is 13.2 Å². The average Bonchev–Trinajstić information content (AvgIpc) is 2.67. The summed E-state index contributed by atoms with van der Waals surface area (Å²) in [6, 6.07) is 6.60. The fourth-order valence-corrected chi connectivity index (χ4v) is 8.62. The summed E-state index contributed by atoms with van der Waals surface area (Å²) >= 11 is 0. The van der Waals surface area contributed by atoms with E-state index in [-0.39, 0.29) is 22.4 Å². The lowest BCUT2D eigenvalue weighted by Gasteiger charge is -2.56. The molecule has 4 bridgehead atoms. The van der Waals surface area contributed by atoms with Crippen LogP contribution in [0.1, 0.15) is 75.1 Å². The number of piperidine rings is 1. The summed E-state index contributed by atoms with van der Waals surface area (Å²) in [5.74, 6) is 2.28. The Bertz CT molecular complexity index is 858. The highest BCUT2D eigenvalue weighted by atomic mass is 32.2. The lowest BCUT2D eigenvalue weighted by molar-refractivity contribution is -0.0167. The maximum absolute atomic E-state index is 13.0. The summed E-state index contributed by atoms with van der Waals surface area (Å²) in [7, 11) is -3.50. The van der Waals surface area contributed by atoms with Crippen molar-refractivity contribution >= 4 is 15.9 Å². The van der Waals surface area contributed by atoms with E-state index in [0.717, 1.165) is 56.3 Å². The maximum Gasteiger partial charge on any atom is 0.251 e. The molecule has 0 aromatic heterocycles. The minimum absolute atomic E-state index is 0.0280. The SMILES string of the molecule is CC1CCCCN1S(=O)(=O)c1ccc(C(=O)NC23CC4CC(CC(C4)C2)C3)cc1. The number of hydrogen-bond acceptors (Lipinski definition) is 3. The van der Waals surface area contributed by atoms with Gasteiger partial charge >= 0.3 is 0 Å². The Morgan fingerprint density at radius 3 is 2.14 bits per heavy atom. The molecule has 1 unspecified atom stereocenters. The van der Waals surface area contributed by atoms with E-state index >= 15 is 0 Å². The average molecular weight is 417 g/mol. The van der Waals surface area contributed by atoms with Crippen molar-refractivity contribution in [2.45, 2.75) is 81.2 Å². The van der Waals surface area contributed by atoms with Crippen LogP contribution < -0.4 is 5.32 Å². The number of nitrogens with zero attached hydrogens (tertiary/aromatic N) is 1. The Morgan fingerprint density at radius 1 is 1.00 bits per heavy atom. The topological polar surface area (TPSA) is 66.5 Å². The van der Waals surface area contributed by atoms with Gasteiger partial charge in [-0.2, -0.15) is 4.31 Å². The van der Waals surface area contributed by atoms with Gasteiger partial charge in [0.25, 0.3) is 5.91 Å². The van der Waals surface area contributed by atoms with Crippen LogP contribution in [0, 0.1) is 17.8 Å². The largest absolute Gasteiger partial charge is 0.347 e. The van der Waals surface area contributed by atoms with Gasteiger partial charge < -0.3 is 5.32 Å². The van der Waals surface area contributed by atoms with E-state index in [0.29, 0.717) is 12.1 Å². The van der Waals surface area contributed by atoms with Gasteiger partial charge in [-0.25, -0.2) is 8.42 Å². The second kappa shape index (κ2) is 7.09. The van der Waals surface area contributed by atoms with Crippen molar-refractivity contribution in [1.82, 2.24) is 9.62 Å². The molecule has 158 valence electrons. The molecule has 6 heteroatoms. The van der Waals surface area contributed by atoms with Crippen molar-refractivity contribution in [2.75, 3.05) is 6.54 Å². The second-order valence-corrected chi connectivity index (χ2v) is 12.0. The number of sulfonamides is 1. The van der Waals surface area contributed by atoms with Gasteiger partial charge in [-0.05, 0) is 100 Å². The number of carbonyl (C=O) groups excluding carboxylic acids is 1. The zero-order chi connectivity index (χ0) is 20.2. The molecule has 1 heterocycles. The summed E-state index contributed by atoms with van der Waals surface area (Å²) in [6.07, 6.45) is 10.3. The van der Waals surface area contributed by atoms with E-state index < -0.39 is 10.0 Å². The van der Waals surface area contributed by atoms with Gasteiger partial charge in [0.1, 0.15) is 0 Å². The molecule has 1 saturated heterocycles. The van der Waals surface area contributed by atoms with Crippen molar-refractivity contribution in [3.05, 3.63) is 29.8 Å². The number of nitrogens with one attached hydrogen (secondary N) is 1. The van der Waals surface area contributed by atoms with Crippen LogP contribution in [0.15, 0.2) is 29.2 Å². The van der Waals surface area contributed by atoms with Crippen LogP contribution in [0.3, 0.4) is 0 Å². The molecule has 1 atom stereocenters. The predicted octanol–water partition coefficient (Wildman–Crippen LogP) is 3.95. The quantitative estimate of drug-likeness (QED) is 0.808. The first-order valence-corrected chi connectivity index (χ1v) is 12.7. The highest BCUT2D eigenvalue weighted by Crippen LogP contribution is 2.55. The third-order valence-corrected chi connectivity index (χ3v) is 9.91. The van der Waals surface area contributed by atoms with Crippen molar-refractivity contribution in [1.29, 1.82) is 0 Å². The van der Waals surface area contributed by atoms with E-state index in [1.54, 1.807) is 28.6 Å². The first-order valence-electron chi connectivity index (χ1n) is 11.3. The number of hydrogen-bond donors (Lipinski definition) is 1. The Morgan fingerprint density at radius 2 is 1.59 bits per heavy atom. The third-order valence-electron chi connectivity index (χ3n) is 7.88. The lowest BCUT2D eigenvalue weighted by atomic mass is 9.53. The third kappa shape index (κ3) is 3.52. The van der Waals surface area contributed by atoms with E-state index in [1.807, 2.05) is 6.92 Å². The standard InChI is InChI=1S/C23H32N2O3S/c1-16-4-2-3-9-25(16)29(27,28)21-7-5-20(6-8-21)22(26)24-23-13-17-10-18(14-23)12-19(11-17)15-23/h5-8,16-19H,2-4,9-15H2,1H3,(H,24,26). The molecule has 1 aromatic rings. The lowest BCUT2D eigenvalue weighted by Crippen LogP contribution is -2.59. The van der Waals surface area contributed by atoms with Crippen molar-refractivity contribution in [2.24, 2.45) is 17.8 Å². The number of benzene rings is 1. The molecular formula is C23H32N2O3S. The van der Waals surface area contributed by atoms with Gasteiger partial charge in [-0.15, -0.1) is 0 Å². The smallest absolute Gasteiger partial charge is 0.251 e. The Hall–Kier alpha value is -1.40. The number of carbonyl (C=O) groups is 1. The van der Waals surface area contributed by atoms with Crippen molar-refractivity contribution in [3.63, 3.8) is 0 Å². The molecule has 29 heavy (non-hydrogen) atoms. The fraction of sp³-hybridized carbons (Fsp3) is 0.696. The minimum atomic E-state index is -3.50. The minimum Gasteiger partial charge on any atom is -0.347 e. The predicted molar refractivity (Wildman–Crippen MR) is 112 cm³/mol. The van der Waals surface area contributed by atoms with Gasteiger partial charge in [-0.3, -0.25) is 4.79 Å². The molecule has 0 radical (unpaired) electrons. The zero-order valence-electron chi connectivity index (χ0n) is 17.3. The summed E-state index contributed by atoms with van der Waals surface area (Å²) in [5.41, 5.74) is 0.534. The second-order valence-electron chi connectivity index (χ2n) is 10.1. The molecule has 1 N–H and O–H groups in total.